The molecule has 0 spiro atoms. The van der Waals surface area contributed by atoms with Gasteiger partial charge >= 0.3 is 6.09 Å². The maximum absolute atomic E-state index is 10.7. The average molecular weight is 144 g/mol. The summed E-state index contributed by atoms with van der Waals surface area (Å²) in [4.78, 5) is 12.3. The molecule has 0 saturated carbocycles. The third-order valence-corrected chi connectivity index (χ3v) is 1.55. The van der Waals surface area contributed by atoms with E-state index in [9.17, 15) is 4.79 Å². The van der Waals surface area contributed by atoms with Crippen LogP contribution in [-0.4, -0.2) is 37.2 Å². The Morgan fingerprint density at radius 3 is 3.00 bits per heavy atom. The molecule has 1 rings (SSSR count). The van der Waals surface area contributed by atoms with Crippen LogP contribution in [0.5, 0.6) is 0 Å². The van der Waals surface area contributed by atoms with E-state index in [-0.39, 0.29) is 12.2 Å². The molecule has 1 fully saturated rings. The highest BCUT2D eigenvalue weighted by molar-refractivity contribution is 5.69. The number of carbonyl (C=O) groups is 1. The van der Waals surface area contributed by atoms with Crippen LogP contribution < -0.4 is 5.73 Å². The number of hydrogen-bond acceptors (Lipinski definition) is 3. The summed E-state index contributed by atoms with van der Waals surface area (Å²) < 4.78 is 4.92. The van der Waals surface area contributed by atoms with Gasteiger partial charge in [-0.3, -0.25) is 0 Å². The zero-order valence-corrected chi connectivity index (χ0v) is 6.04. The van der Waals surface area contributed by atoms with Crippen LogP contribution in [0.3, 0.4) is 0 Å². The van der Waals surface area contributed by atoms with E-state index in [1.54, 1.807) is 11.9 Å². The minimum atomic E-state index is -0.238. The molecule has 58 valence electrons. The number of nitrogens with two attached hydrogens (primary N) is 1. The van der Waals surface area contributed by atoms with Crippen LogP contribution in [0.2, 0.25) is 0 Å². The van der Waals surface area contributed by atoms with Gasteiger partial charge in [-0.15, -0.1) is 0 Å². The first-order chi connectivity index (χ1) is 4.74. The van der Waals surface area contributed by atoms with Gasteiger partial charge in [-0.2, -0.15) is 0 Å². The van der Waals surface area contributed by atoms with E-state index in [1.165, 1.54) is 0 Å². The van der Waals surface area contributed by atoms with Crippen molar-refractivity contribution in [2.24, 2.45) is 5.73 Å². The molecule has 10 heavy (non-hydrogen) atoms. The summed E-state index contributed by atoms with van der Waals surface area (Å²) in [5, 5.41) is 0. The Balaban J connectivity index is 2.34. The van der Waals surface area contributed by atoms with E-state index < -0.39 is 0 Å². The molecule has 0 aliphatic carbocycles. The Morgan fingerprint density at radius 1 is 1.90 bits per heavy atom. The second-order valence-electron chi connectivity index (χ2n) is 2.46. The van der Waals surface area contributed by atoms with Crippen molar-refractivity contribution in [3.8, 4) is 0 Å². The SMILES string of the molecule is CN1CC(CCN)OC1=O. The molecule has 0 radical (unpaired) electrons. The smallest absolute Gasteiger partial charge is 0.409 e. The third kappa shape index (κ3) is 1.39. The Labute approximate surface area is 59.9 Å². The summed E-state index contributed by atoms with van der Waals surface area (Å²) in [5.41, 5.74) is 5.29. The van der Waals surface area contributed by atoms with Crippen molar-refractivity contribution in [2.45, 2.75) is 12.5 Å². The van der Waals surface area contributed by atoms with Gasteiger partial charge in [-0.1, -0.05) is 0 Å². The summed E-state index contributed by atoms with van der Waals surface area (Å²) >= 11 is 0. The van der Waals surface area contributed by atoms with Crippen molar-refractivity contribution in [3.05, 3.63) is 0 Å². The first kappa shape index (κ1) is 7.34. The first-order valence-electron chi connectivity index (χ1n) is 3.36. The number of nitrogens with zero attached hydrogens (tertiary/aromatic N) is 1. The van der Waals surface area contributed by atoms with Crippen molar-refractivity contribution in [1.29, 1.82) is 0 Å². The largest absolute Gasteiger partial charge is 0.444 e. The molecule has 4 heteroatoms. The molecule has 0 bridgehead atoms. The average Bonchev–Trinajstić information content (AvgIpc) is 2.14. The second-order valence-corrected chi connectivity index (χ2v) is 2.46. The van der Waals surface area contributed by atoms with Crippen LogP contribution in [-0.2, 0) is 4.74 Å². The first-order valence-corrected chi connectivity index (χ1v) is 3.36. The number of carbonyl (C=O) groups excluding carboxylic acids is 1. The molecule has 1 saturated heterocycles. The van der Waals surface area contributed by atoms with Crippen molar-refractivity contribution < 1.29 is 9.53 Å². The number of hydrogen-bond donors (Lipinski definition) is 1. The van der Waals surface area contributed by atoms with E-state index in [4.69, 9.17) is 10.5 Å². The summed E-state index contributed by atoms with van der Waals surface area (Å²) in [6.45, 7) is 1.25. The van der Waals surface area contributed by atoms with Gasteiger partial charge in [0.25, 0.3) is 0 Å². The van der Waals surface area contributed by atoms with Gasteiger partial charge in [0.05, 0.1) is 6.54 Å². The molecule has 2 N–H and O–H groups in total. The molecule has 1 unspecified atom stereocenters. The fraction of sp³-hybridized carbons (Fsp3) is 0.833. The predicted octanol–water partition coefficient (Wildman–Crippen LogP) is -0.214. The lowest BCUT2D eigenvalue weighted by atomic mass is 10.2. The van der Waals surface area contributed by atoms with E-state index in [0.717, 1.165) is 6.42 Å². The Hall–Kier alpha value is -0.770. The highest BCUT2D eigenvalue weighted by Gasteiger charge is 2.26. The standard InChI is InChI=1S/C6H12N2O2/c1-8-4-5(2-3-7)10-6(8)9/h5H,2-4,7H2,1H3. The van der Waals surface area contributed by atoms with Crippen LogP contribution in [0.15, 0.2) is 0 Å². The number of likely N-dealkylation sites (N-methyl/N-ethyl adjacent to an activating group) is 1. The molecule has 0 aromatic heterocycles. The van der Waals surface area contributed by atoms with Crippen molar-refractivity contribution in [1.82, 2.24) is 4.90 Å². The zero-order valence-electron chi connectivity index (χ0n) is 6.04. The molecule has 1 aliphatic heterocycles. The van der Waals surface area contributed by atoms with E-state index in [1.807, 2.05) is 0 Å². The van der Waals surface area contributed by atoms with Gasteiger partial charge in [0.2, 0.25) is 0 Å². The van der Waals surface area contributed by atoms with Crippen molar-refractivity contribution >= 4 is 6.09 Å². The highest BCUT2D eigenvalue weighted by Crippen LogP contribution is 2.10. The van der Waals surface area contributed by atoms with Crippen molar-refractivity contribution in [2.75, 3.05) is 20.1 Å². The predicted molar refractivity (Wildman–Crippen MR) is 36.6 cm³/mol. The topological polar surface area (TPSA) is 55.6 Å². The molecular formula is C6H12N2O2. The summed E-state index contributed by atoms with van der Waals surface area (Å²) in [6, 6.07) is 0. The van der Waals surface area contributed by atoms with Crippen LogP contribution in [0.4, 0.5) is 4.79 Å². The van der Waals surface area contributed by atoms with Crippen LogP contribution >= 0.6 is 0 Å². The lowest BCUT2D eigenvalue weighted by Gasteiger charge is -2.03. The summed E-state index contributed by atoms with van der Waals surface area (Å²) in [6.07, 6.45) is 0.539. The summed E-state index contributed by atoms with van der Waals surface area (Å²) in [7, 11) is 1.72. The lowest BCUT2D eigenvalue weighted by Crippen LogP contribution is -2.20. The fourth-order valence-electron chi connectivity index (χ4n) is 0.986. The summed E-state index contributed by atoms with van der Waals surface area (Å²) in [5.74, 6) is 0. The Morgan fingerprint density at radius 2 is 2.60 bits per heavy atom. The van der Waals surface area contributed by atoms with Crippen LogP contribution in [0.1, 0.15) is 6.42 Å². The number of amides is 1. The zero-order chi connectivity index (χ0) is 7.56. The minimum absolute atomic E-state index is 0.0162. The van der Waals surface area contributed by atoms with E-state index in [2.05, 4.69) is 0 Å². The molecule has 1 amide bonds. The Kier molecular flexibility index (Phi) is 2.11. The fourth-order valence-corrected chi connectivity index (χ4v) is 0.986. The van der Waals surface area contributed by atoms with Crippen molar-refractivity contribution in [3.63, 3.8) is 0 Å². The van der Waals surface area contributed by atoms with Gasteiger partial charge in [-0.25, -0.2) is 4.79 Å². The highest BCUT2D eigenvalue weighted by atomic mass is 16.6. The van der Waals surface area contributed by atoms with Gasteiger partial charge in [0.1, 0.15) is 6.10 Å². The molecule has 1 aliphatic rings. The molecular weight excluding hydrogens is 132 g/mol. The quantitative estimate of drug-likeness (QED) is 0.583. The van der Waals surface area contributed by atoms with E-state index >= 15 is 0 Å². The van der Waals surface area contributed by atoms with Crippen LogP contribution in [0, 0.1) is 0 Å². The van der Waals surface area contributed by atoms with E-state index in [0.29, 0.717) is 13.1 Å². The molecule has 0 aromatic rings. The molecule has 0 aromatic carbocycles. The second kappa shape index (κ2) is 2.88. The molecule has 1 atom stereocenters. The Bertz CT molecular complexity index is 138. The number of rotatable bonds is 2. The molecule has 4 nitrogen and oxygen atoms in total. The normalized spacial score (nSPS) is 25.2. The number of cyclic esters (lactones) is 1. The van der Waals surface area contributed by atoms with Gasteiger partial charge in [0.15, 0.2) is 0 Å². The number of ether oxygens (including phenoxy) is 1. The van der Waals surface area contributed by atoms with Crippen LogP contribution in [0.25, 0.3) is 0 Å². The minimum Gasteiger partial charge on any atom is -0.444 e. The lowest BCUT2D eigenvalue weighted by molar-refractivity contribution is 0.131. The maximum atomic E-state index is 10.7. The third-order valence-electron chi connectivity index (χ3n) is 1.55. The monoisotopic (exact) mass is 144 g/mol. The van der Waals surface area contributed by atoms with Gasteiger partial charge < -0.3 is 15.4 Å². The maximum Gasteiger partial charge on any atom is 0.409 e. The van der Waals surface area contributed by atoms with Gasteiger partial charge in [0, 0.05) is 7.05 Å². The molecule has 1 heterocycles. The van der Waals surface area contributed by atoms with Gasteiger partial charge in [-0.05, 0) is 13.0 Å².